The average Bonchev–Trinajstić information content (AvgIpc) is 3.23. The molecule has 1 fully saturated rings. The van der Waals surface area contributed by atoms with Gasteiger partial charge in [-0.25, -0.2) is 4.98 Å². The van der Waals surface area contributed by atoms with E-state index in [2.05, 4.69) is 27.0 Å². The zero-order valence-electron chi connectivity index (χ0n) is 12.9. The van der Waals surface area contributed by atoms with Gasteiger partial charge in [0, 0.05) is 12.7 Å². The highest BCUT2D eigenvalue weighted by Crippen LogP contribution is 2.30. The molecule has 1 aliphatic rings. The van der Waals surface area contributed by atoms with Gasteiger partial charge in [0.1, 0.15) is 5.75 Å². The lowest BCUT2D eigenvalue weighted by atomic mass is 10.1. The lowest BCUT2D eigenvalue weighted by molar-refractivity contribution is 0.343. The van der Waals surface area contributed by atoms with Crippen molar-refractivity contribution in [1.29, 1.82) is 0 Å². The molecule has 1 aromatic carbocycles. The summed E-state index contributed by atoms with van der Waals surface area (Å²) in [6.45, 7) is 3.67. The maximum atomic E-state index is 5.85. The van der Waals surface area contributed by atoms with Crippen LogP contribution < -0.4 is 4.74 Å². The molecule has 0 bridgehead atoms. The van der Waals surface area contributed by atoms with Crippen molar-refractivity contribution < 1.29 is 4.74 Å². The molecule has 0 spiro atoms. The molecule has 3 heterocycles. The Hall–Kier alpha value is -1.98. The number of rotatable bonds is 5. The maximum Gasteiger partial charge on any atom is 0.281 e. The Morgan fingerprint density at radius 2 is 1.91 bits per heavy atom. The zero-order valence-corrected chi connectivity index (χ0v) is 13.8. The van der Waals surface area contributed by atoms with Crippen molar-refractivity contribution in [3.8, 4) is 10.9 Å². The van der Waals surface area contributed by atoms with Crippen LogP contribution >= 0.6 is 11.3 Å². The summed E-state index contributed by atoms with van der Waals surface area (Å²) in [4.78, 5) is 11.2. The van der Waals surface area contributed by atoms with Crippen LogP contribution in [0.2, 0.25) is 0 Å². The summed E-state index contributed by atoms with van der Waals surface area (Å²) in [5.41, 5.74) is 2.10. The Labute approximate surface area is 139 Å². The molecule has 2 aromatic heterocycles. The van der Waals surface area contributed by atoms with Crippen molar-refractivity contribution in [1.82, 2.24) is 14.9 Å². The first kappa shape index (κ1) is 14.6. The number of fused-ring (bicyclic) bond motifs is 1. The molecule has 3 aromatic rings. The second-order valence-electron chi connectivity index (χ2n) is 5.85. The van der Waals surface area contributed by atoms with E-state index in [1.807, 2.05) is 24.3 Å². The molecule has 0 unspecified atom stereocenters. The smallest absolute Gasteiger partial charge is 0.281 e. The Morgan fingerprint density at radius 3 is 2.70 bits per heavy atom. The molecule has 0 N–H and O–H groups in total. The van der Waals surface area contributed by atoms with Gasteiger partial charge in [-0.05, 0) is 62.2 Å². The molecule has 4 rings (SSSR count). The predicted molar refractivity (Wildman–Crippen MR) is 93.3 cm³/mol. The van der Waals surface area contributed by atoms with Crippen LogP contribution in [0.1, 0.15) is 18.4 Å². The van der Waals surface area contributed by atoms with E-state index in [9.17, 15) is 0 Å². The number of hydrogen-bond donors (Lipinski definition) is 0. The van der Waals surface area contributed by atoms with Gasteiger partial charge < -0.3 is 9.64 Å². The van der Waals surface area contributed by atoms with Gasteiger partial charge in [-0.3, -0.25) is 0 Å². The summed E-state index contributed by atoms with van der Waals surface area (Å²) in [6, 6.07) is 12.3. The van der Waals surface area contributed by atoms with Gasteiger partial charge in [-0.2, -0.15) is 4.98 Å². The number of ether oxygens (including phenoxy) is 1. The van der Waals surface area contributed by atoms with E-state index in [-0.39, 0.29) is 0 Å². The van der Waals surface area contributed by atoms with Gasteiger partial charge in [0.2, 0.25) is 0 Å². The van der Waals surface area contributed by atoms with Gasteiger partial charge >= 0.3 is 0 Å². The van der Waals surface area contributed by atoms with E-state index < -0.39 is 0 Å². The number of likely N-dealkylation sites (tertiary alicyclic amines) is 1. The minimum atomic E-state index is 0.642. The van der Waals surface area contributed by atoms with Crippen molar-refractivity contribution in [2.45, 2.75) is 19.3 Å². The number of pyridine rings is 1. The minimum Gasteiger partial charge on any atom is -0.431 e. The molecule has 0 amide bonds. The monoisotopic (exact) mass is 325 g/mol. The van der Waals surface area contributed by atoms with Gasteiger partial charge in [0.05, 0.1) is 4.70 Å². The highest BCUT2D eigenvalue weighted by Gasteiger charge is 2.11. The van der Waals surface area contributed by atoms with Crippen LogP contribution in [0.25, 0.3) is 10.3 Å². The Morgan fingerprint density at radius 1 is 1.09 bits per heavy atom. The van der Waals surface area contributed by atoms with Gasteiger partial charge in [-0.1, -0.05) is 23.5 Å². The lowest BCUT2D eigenvalue weighted by Crippen LogP contribution is -2.21. The fraction of sp³-hybridized carbons (Fsp3) is 0.333. The molecule has 118 valence electrons. The Balaban J connectivity index is 1.39. The molecule has 0 saturated carbocycles. The van der Waals surface area contributed by atoms with Crippen LogP contribution in [0.4, 0.5) is 0 Å². The summed E-state index contributed by atoms with van der Waals surface area (Å²) < 4.78 is 6.90. The van der Waals surface area contributed by atoms with Crippen molar-refractivity contribution >= 4 is 21.7 Å². The first-order chi connectivity index (χ1) is 11.4. The minimum absolute atomic E-state index is 0.642. The van der Waals surface area contributed by atoms with E-state index in [0.29, 0.717) is 5.19 Å². The first-order valence-corrected chi connectivity index (χ1v) is 8.89. The number of aromatic nitrogens is 2. The molecule has 0 radical (unpaired) electrons. The number of thiazole rings is 1. The van der Waals surface area contributed by atoms with Gasteiger partial charge in [-0.15, -0.1) is 0 Å². The molecule has 1 saturated heterocycles. The summed E-state index contributed by atoms with van der Waals surface area (Å²) in [5.74, 6) is 0.828. The predicted octanol–water partition coefficient (Wildman–Crippen LogP) is 4.12. The summed E-state index contributed by atoms with van der Waals surface area (Å²) in [6.07, 6.45) is 5.56. The molecular formula is C18H19N3OS. The first-order valence-electron chi connectivity index (χ1n) is 8.07. The summed E-state index contributed by atoms with van der Waals surface area (Å²) in [5, 5.41) is 0.642. The molecule has 1 aliphatic heterocycles. The largest absolute Gasteiger partial charge is 0.431 e. The van der Waals surface area contributed by atoms with Crippen molar-refractivity contribution in [2.24, 2.45) is 0 Å². The second-order valence-corrected chi connectivity index (χ2v) is 6.84. The third-order valence-corrected chi connectivity index (χ3v) is 5.08. The lowest BCUT2D eigenvalue weighted by Gasteiger charge is -2.14. The van der Waals surface area contributed by atoms with E-state index in [1.54, 1.807) is 6.20 Å². The van der Waals surface area contributed by atoms with Crippen molar-refractivity contribution in [3.05, 3.63) is 48.2 Å². The fourth-order valence-corrected chi connectivity index (χ4v) is 3.71. The van der Waals surface area contributed by atoms with E-state index in [4.69, 9.17) is 4.74 Å². The van der Waals surface area contributed by atoms with Crippen molar-refractivity contribution in [2.75, 3.05) is 19.6 Å². The number of benzene rings is 1. The molecule has 0 aliphatic carbocycles. The molecule has 5 heteroatoms. The Kier molecular flexibility index (Phi) is 4.22. The maximum absolute atomic E-state index is 5.85. The third-order valence-electron chi connectivity index (χ3n) is 4.19. The van der Waals surface area contributed by atoms with E-state index in [0.717, 1.165) is 29.1 Å². The standard InChI is InChI=1S/C18H19N3OS/c1-2-12-21(11-1)13-9-14-5-7-15(8-6-14)22-18-20-17-16(23-18)4-3-10-19-17/h3-8,10H,1-2,9,11-13H2. The van der Waals surface area contributed by atoms with Crippen LogP contribution in [-0.2, 0) is 6.42 Å². The van der Waals surface area contributed by atoms with Crippen LogP contribution in [0, 0.1) is 0 Å². The van der Waals surface area contributed by atoms with Crippen molar-refractivity contribution in [3.63, 3.8) is 0 Å². The van der Waals surface area contributed by atoms with E-state index in [1.165, 1.54) is 42.8 Å². The SMILES string of the molecule is c1cnc2nc(Oc3ccc(CCN4CCCC4)cc3)sc2c1. The fourth-order valence-electron chi connectivity index (χ4n) is 2.91. The Bertz CT molecular complexity index is 745. The molecular weight excluding hydrogens is 306 g/mol. The quantitative estimate of drug-likeness (QED) is 0.707. The summed E-state index contributed by atoms with van der Waals surface area (Å²) >= 11 is 1.52. The molecule has 0 atom stereocenters. The third kappa shape index (κ3) is 3.51. The number of nitrogens with zero attached hydrogens (tertiary/aromatic N) is 3. The van der Waals surface area contributed by atoms with Crippen LogP contribution in [0.5, 0.6) is 10.9 Å². The second kappa shape index (κ2) is 6.64. The number of hydrogen-bond acceptors (Lipinski definition) is 5. The zero-order chi connectivity index (χ0) is 15.5. The van der Waals surface area contributed by atoms with E-state index >= 15 is 0 Å². The normalized spacial score (nSPS) is 15.3. The van der Waals surface area contributed by atoms with Gasteiger partial charge in [0.15, 0.2) is 5.65 Å². The average molecular weight is 325 g/mol. The topological polar surface area (TPSA) is 38.3 Å². The van der Waals surface area contributed by atoms with Crippen LogP contribution in [0.15, 0.2) is 42.6 Å². The highest BCUT2D eigenvalue weighted by molar-refractivity contribution is 7.20. The van der Waals surface area contributed by atoms with Crippen LogP contribution in [0.3, 0.4) is 0 Å². The summed E-state index contributed by atoms with van der Waals surface area (Å²) in [7, 11) is 0. The molecule has 4 nitrogen and oxygen atoms in total. The van der Waals surface area contributed by atoms with Crippen LogP contribution in [-0.4, -0.2) is 34.5 Å². The molecule has 23 heavy (non-hydrogen) atoms. The van der Waals surface area contributed by atoms with Gasteiger partial charge in [0.25, 0.3) is 5.19 Å². The highest BCUT2D eigenvalue weighted by atomic mass is 32.1.